The van der Waals surface area contributed by atoms with Crippen LogP contribution in [0.15, 0.2) is 22.9 Å². The summed E-state index contributed by atoms with van der Waals surface area (Å²) >= 11 is 3.28. The molecule has 1 aliphatic rings. The van der Waals surface area contributed by atoms with Crippen molar-refractivity contribution in [1.82, 2.24) is 10.3 Å². The Balaban J connectivity index is 2.16. The number of nitrogens with one attached hydrogen (secondary N) is 1. The molecule has 1 fully saturated rings. The Labute approximate surface area is 119 Å². The lowest BCUT2D eigenvalue weighted by Crippen LogP contribution is -2.47. The fourth-order valence-electron chi connectivity index (χ4n) is 2.55. The maximum Gasteiger partial charge on any atom is 0.305 e. The van der Waals surface area contributed by atoms with E-state index in [1.807, 2.05) is 0 Å². The Bertz CT molecular complexity index is 498. The number of carbonyl (C=O) groups excluding carboxylic acids is 1. The molecule has 0 unspecified atom stereocenters. The van der Waals surface area contributed by atoms with Crippen LogP contribution in [0.1, 0.15) is 42.5 Å². The van der Waals surface area contributed by atoms with Crippen LogP contribution in [0.2, 0.25) is 0 Å². The van der Waals surface area contributed by atoms with Gasteiger partial charge in [-0.25, -0.2) is 0 Å². The van der Waals surface area contributed by atoms with Gasteiger partial charge in [0.25, 0.3) is 5.91 Å². The molecule has 1 saturated carbocycles. The third kappa shape index (κ3) is 3.32. The zero-order valence-corrected chi connectivity index (χ0v) is 11.9. The number of pyridine rings is 1. The van der Waals surface area contributed by atoms with Gasteiger partial charge < -0.3 is 10.4 Å². The maximum absolute atomic E-state index is 12.2. The first-order chi connectivity index (χ1) is 9.02. The van der Waals surface area contributed by atoms with E-state index in [2.05, 4.69) is 26.2 Å². The van der Waals surface area contributed by atoms with Gasteiger partial charge in [0.05, 0.1) is 17.5 Å². The molecule has 5 nitrogen and oxygen atoms in total. The van der Waals surface area contributed by atoms with Crippen molar-refractivity contribution < 1.29 is 14.7 Å². The van der Waals surface area contributed by atoms with Crippen LogP contribution in [0.4, 0.5) is 0 Å². The van der Waals surface area contributed by atoms with Crippen molar-refractivity contribution in [3.63, 3.8) is 0 Å². The van der Waals surface area contributed by atoms with E-state index in [4.69, 9.17) is 5.11 Å². The molecule has 102 valence electrons. The number of aromatic nitrogens is 1. The molecule has 0 aliphatic heterocycles. The average molecular weight is 327 g/mol. The summed E-state index contributed by atoms with van der Waals surface area (Å²) in [6.45, 7) is 0. The number of amides is 1. The largest absolute Gasteiger partial charge is 0.481 e. The van der Waals surface area contributed by atoms with Crippen molar-refractivity contribution >= 4 is 27.8 Å². The van der Waals surface area contributed by atoms with Crippen molar-refractivity contribution in [3.8, 4) is 0 Å². The van der Waals surface area contributed by atoms with Crippen LogP contribution >= 0.6 is 15.9 Å². The molecule has 0 spiro atoms. The minimum atomic E-state index is -0.879. The van der Waals surface area contributed by atoms with E-state index in [0.29, 0.717) is 22.9 Å². The van der Waals surface area contributed by atoms with Gasteiger partial charge in [-0.1, -0.05) is 12.8 Å². The van der Waals surface area contributed by atoms with Gasteiger partial charge in [0.2, 0.25) is 0 Å². The van der Waals surface area contributed by atoms with E-state index in [1.54, 1.807) is 12.3 Å². The van der Waals surface area contributed by atoms with Gasteiger partial charge in [0, 0.05) is 16.9 Å². The summed E-state index contributed by atoms with van der Waals surface area (Å²) in [4.78, 5) is 27.1. The number of hydrogen-bond acceptors (Lipinski definition) is 3. The van der Waals surface area contributed by atoms with Crippen molar-refractivity contribution in [2.75, 3.05) is 0 Å². The van der Waals surface area contributed by atoms with Gasteiger partial charge in [0.1, 0.15) is 0 Å². The highest BCUT2D eigenvalue weighted by molar-refractivity contribution is 9.10. The summed E-state index contributed by atoms with van der Waals surface area (Å²) in [5, 5.41) is 11.9. The number of halogens is 1. The lowest BCUT2D eigenvalue weighted by atomic mass is 9.92. The summed E-state index contributed by atoms with van der Waals surface area (Å²) in [7, 11) is 0. The second kappa shape index (κ2) is 5.69. The summed E-state index contributed by atoms with van der Waals surface area (Å²) in [6, 6.07) is 1.61. The lowest BCUT2D eigenvalue weighted by molar-refractivity contribution is -0.138. The van der Waals surface area contributed by atoms with E-state index in [9.17, 15) is 9.59 Å². The van der Waals surface area contributed by atoms with E-state index >= 15 is 0 Å². The van der Waals surface area contributed by atoms with Gasteiger partial charge in [-0.15, -0.1) is 0 Å². The molecule has 6 heteroatoms. The first-order valence-electron chi connectivity index (χ1n) is 6.16. The number of carboxylic acid groups (broad SMARTS) is 1. The molecule has 0 bridgehead atoms. The SMILES string of the molecule is O=C(O)CC1(NC(=O)c2ccncc2Br)CCCC1. The van der Waals surface area contributed by atoms with Crippen molar-refractivity contribution in [2.24, 2.45) is 0 Å². The number of rotatable bonds is 4. The lowest BCUT2D eigenvalue weighted by Gasteiger charge is -2.28. The predicted molar refractivity (Wildman–Crippen MR) is 72.9 cm³/mol. The van der Waals surface area contributed by atoms with Crippen LogP contribution < -0.4 is 5.32 Å². The molecular weight excluding hydrogens is 312 g/mol. The van der Waals surface area contributed by atoms with E-state index < -0.39 is 11.5 Å². The fraction of sp³-hybridized carbons (Fsp3) is 0.462. The van der Waals surface area contributed by atoms with Crippen LogP contribution in [-0.2, 0) is 4.79 Å². The third-order valence-electron chi connectivity index (χ3n) is 3.45. The fourth-order valence-corrected chi connectivity index (χ4v) is 2.99. The van der Waals surface area contributed by atoms with Crippen LogP contribution in [0.5, 0.6) is 0 Å². The average Bonchev–Trinajstić information content (AvgIpc) is 2.76. The van der Waals surface area contributed by atoms with Crippen molar-refractivity contribution in [2.45, 2.75) is 37.6 Å². The number of hydrogen-bond donors (Lipinski definition) is 2. The molecular formula is C13H15BrN2O3. The minimum Gasteiger partial charge on any atom is -0.481 e. The van der Waals surface area contributed by atoms with Crippen LogP contribution in [0.25, 0.3) is 0 Å². The summed E-state index contributed by atoms with van der Waals surface area (Å²) in [5.41, 5.74) is -0.127. The molecule has 0 aromatic carbocycles. The number of aliphatic carboxylic acids is 1. The highest BCUT2D eigenvalue weighted by Crippen LogP contribution is 2.33. The molecule has 0 atom stereocenters. The Morgan fingerprint density at radius 1 is 1.42 bits per heavy atom. The minimum absolute atomic E-state index is 0.0263. The van der Waals surface area contributed by atoms with Crippen molar-refractivity contribution in [3.05, 3.63) is 28.5 Å². The molecule has 0 radical (unpaired) electrons. The molecule has 1 aromatic rings. The molecule has 2 rings (SSSR count). The molecule has 19 heavy (non-hydrogen) atoms. The smallest absolute Gasteiger partial charge is 0.305 e. The predicted octanol–water partition coefficient (Wildman–Crippen LogP) is 2.36. The zero-order valence-electron chi connectivity index (χ0n) is 10.4. The Kier molecular flexibility index (Phi) is 4.19. The van der Waals surface area contributed by atoms with Gasteiger partial charge in [-0.05, 0) is 34.8 Å². The highest BCUT2D eigenvalue weighted by atomic mass is 79.9. The molecule has 1 aliphatic carbocycles. The van der Waals surface area contributed by atoms with Gasteiger partial charge in [0.15, 0.2) is 0 Å². The Hall–Kier alpha value is -1.43. The number of carboxylic acids is 1. The topological polar surface area (TPSA) is 79.3 Å². The molecule has 1 amide bonds. The standard InChI is InChI=1S/C13H15BrN2O3/c14-10-8-15-6-3-9(10)12(19)16-13(7-11(17)18)4-1-2-5-13/h3,6,8H,1-2,4-5,7H2,(H,16,19)(H,17,18). The number of carbonyl (C=O) groups is 2. The van der Waals surface area contributed by atoms with Gasteiger partial charge >= 0.3 is 5.97 Å². The second-order valence-corrected chi connectivity index (χ2v) is 5.72. The molecule has 2 N–H and O–H groups in total. The molecule has 0 saturated heterocycles. The Morgan fingerprint density at radius 3 is 2.68 bits per heavy atom. The number of nitrogens with zero attached hydrogens (tertiary/aromatic N) is 1. The first kappa shape index (κ1) is 14.0. The van der Waals surface area contributed by atoms with Crippen LogP contribution in [0.3, 0.4) is 0 Å². The molecule has 1 heterocycles. The van der Waals surface area contributed by atoms with E-state index in [0.717, 1.165) is 12.8 Å². The Morgan fingerprint density at radius 2 is 2.11 bits per heavy atom. The zero-order chi connectivity index (χ0) is 13.9. The normalized spacial score (nSPS) is 17.1. The first-order valence-corrected chi connectivity index (χ1v) is 6.96. The summed E-state index contributed by atoms with van der Waals surface area (Å²) in [6.07, 6.45) is 6.39. The van der Waals surface area contributed by atoms with Gasteiger partial charge in [-0.2, -0.15) is 0 Å². The highest BCUT2D eigenvalue weighted by Gasteiger charge is 2.37. The quantitative estimate of drug-likeness (QED) is 0.890. The summed E-state index contributed by atoms with van der Waals surface area (Å²) < 4.78 is 0.607. The van der Waals surface area contributed by atoms with Crippen LogP contribution in [0, 0.1) is 0 Å². The second-order valence-electron chi connectivity index (χ2n) is 4.87. The molecule has 1 aromatic heterocycles. The maximum atomic E-state index is 12.2. The van der Waals surface area contributed by atoms with Gasteiger partial charge in [-0.3, -0.25) is 14.6 Å². The van der Waals surface area contributed by atoms with E-state index in [-0.39, 0.29) is 12.3 Å². The van der Waals surface area contributed by atoms with Crippen LogP contribution in [-0.4, -0.2) is 27.5 Å². The summed E-state index contributed by atoms with van der Waals surface area (Å²) in [5.74, 6) is -1.13. The monoisotopic (exact) mass is 326 g/mol. The van der Waals surface area contributed by atoms with E-state index in [1.165, 1.54) is 6.20 Å². The van der Waals surface area contributed by atoms with Crippen molar-refractivity contribution in [1.29, 1.82) is 0 Å². The third-order valence-corrected chi connectivity index (χ3v) is 4.08.